The van der Waals surface area contributed by atoms with Crippen molar-refractivity contribution in [2.75, 3.05) is 32.1 Å². The zero-order valence-corrected chi connectivity index (χ0v) is 16.2. The topological polar surface area (TPSA) is 97.0 Å². The van der Waals surface area contributed by atoms with Gasteiger partial charge in [-0.1, -0.05) is 12.1 Å². The van der Waals surface area contributed by atoms with Crippen LogP contribution in [0.25, 0.3) is 0 Å². The molecule has 1 aliphatic heterocycles. The molecule has 1 fully saturated rings. The van der Waals surface area contributed by atoms with Crippen LogP contribution in [0.2, 0.25) is 0 Å². The van der Waals surface area contributed by atoms with Crippen molar-refractivity contribution in [3.05, 3.63) is 29.8 Å². The molecule has 27 heavy (non-hydrogen) atoms. The minimum atomic E-state index is -0.498. The fourth-order valence-electron chi connectivity index (χ4n) is 3.01. The zero-order chi connectivity index (χ0) is 20.0. The van der Waals surface area contributed by atoms with E-state index >= 15 is 0 Å². The molecule has 0 aliphatic carbocycles. The summed E-state index contributed by atoms with van der Waals surface area (Å²) < 4.78 is 10.3. The van der Waals surface area contributed by atoms with E-state index in [0.29, 0.717) is 18.8 Å². The molecule has 8 heteroatoms. The van der Waals surface area contributed by atoms with E-state index in [1.807, 2.05) is 20.8 Å². The predicted molar refractivity (Wildman–Crippen MR) is 100 cm³/mol. The maximum absolute atomic E-state index is 12.5. The molecule has 1 aliphatic rings. The van der Waals surface area contributed by atoms with Gasteiger partial charge in [-0.3, -0.25) is 9.59 Å². The van der Waals surface area contributed by atoms with Gasteiger partial charge in [-0.15, -0.1) is 0 Å². The van der Waals surface area contributed by atoms with Gasteiger partial charge in [0.2, 0.25) is 5.91 Å². The summed E-state index contributed by atoms with van der Waals surface area (Å²) in [7, 11) is 1.26. The number of anilines is 1. The molecule has 3 amide bonds. The molecule has 1 aromatic carbocycles. The molecule has 2 N–H and O–H groups in total. The van der Waals surface area contributed by atoms with Crippen molar-refractivity contribution in [1.82, 2.24) is 10.2 Å². The highest BCUT2D eigenvalue weighted by molar-refractivity contribution is 5.89. The van der Waals surface area contributed by atoms with Crippen LogP contribution in [-0.4, -0.2) is 61.3 Å². The van der Waals surface area contributed by atoms with Gasteiger partial charge in [0.15, 0.2) is 0 Å². The van der Waals surface area contributed by atoms with Crippen molar-refractivity contribution in [2.45, 2.75) is 38.9 Å². The second kappa shape index (κ2) is 8.85. The largest absolute Gasteiger partial charge is 0.468 e. The van der Waals surface area contributed by atoms with Crippen LogP contribution in [0.5, 0.6) is 0 Å². The Balaban J connectivity index is 1.87. The lowest BCUT2D eigenvalue weighted by molar-refractivity contribution is -0.141. The van der Waals surface area contributed by atoms with Crippen LogP contribution < -0.4 is 10.6 Å². The van der Waals surface area contributed by atoms with Crippen molar-refractivity contribution in [1.29, 1.82) is 0 Å². The van der Waals surface area contributed by atoms with Gasteiger partial charge in [-0.2, -0.15) is 0 Å². The summed E-state index contributed by atoms with van der Waals surface area (Å²) in [6.45, 7) is 6.76. The molecule has 8 nitrogen and oxygen atoms in total. The number of esters is 1. The maximum Gasteiger partial charge on any atom is 0.325 e. The van der Waals surface area contributed by atoms with Gasteiger partial charge in [0.25, 0.3) is 0 Å². The van der Waals surface area contributed by atoms with Gasteiger partial charge < -0.3 is 25.0 Å². The van der Waals surface area contributed by atoms with Gasteiger partial charge in [0.1, 0.15) is 6.54 Å². The van der Waals surface area contributed by atoms with Crippen LogP contribution in [-0.2, 0) is 25.5 Å². The van der Waals surface area contributed by atoms with Crippen molar-refractivity contribution >= 4 is 23.6 Å². The molecule has 0 unspecified atom stereocenters. The highest BCUT2D eigenvalue weighted by atomic mass is 16.5. The number of hydrogen-bond donors (Lipinski definition) is 2. The molecule has 1 heterocycles. The Morgan fingerprint density at radius 2 is 1.93 bits per heavy atom. The second-order valence-electron chi connectivity index (χ2n) is 7.23. The highest BCUT2D eigenvalue weighted by Crippen LogP contribution is 2.21. The van der Waals surface area contributed by atoms with Gasteiger partial charge in [0, 0.05) is 12.2 Å². The van der Waals surface area contributed by atoms with E-state index in [4.69, 9.17) is 4.74 Å². The first kappa shape index (κ1) is 20.7. The summed E-state index contributed by atoms with van der Waals surface area (Å²) in [6, 6.07) is 6.84. The summed E-state index contributed by atoms with van der Waals surface area (Å²) in [5, 5.41) is 5.35. The molecule has 2 rings (SSSR count). The summed E-state index contributed by atoms with van der Waals surface area (Å²) in [6.07, 6.45) is 0.116. The third kappa shape index (κ3) is 6.56. The number of benzene rings is 1. The minimum Gasteiger partial charge on any atom is -0.468 e. The summed E-state index contributed by atoms with van der Waals surface area (Å²) in [5.74, 6) is -0.774. The third-order valence-corrected chi connectivity index (χ3v) is 4.08. The van der Waals surface area contributed by atoms with E-state index in [0.717, 1.165) is 5.56 Å². The van der Waals surface area contributed by atoms with E-state index in [9.17, 15) is 14.4 Å². The van der Waals surface area contributed by atoms with E-state index in [-0.39, 0.29) is 36.6 Å². The average Bonchev–Trinajstić information content (AvgIpc) is 2.59. The van der Waals surface area contributed by atoms with Crippen LogP contribution in [0.3, 0.4) is 0 Å². The number of carbonyl (C=O) groups is 3. The lowest BCUT2D eigenvalue weighted by Gasteiger charge is -2.41. The Hall–Kier alpha value is -2.61. The fraction of sp³-hybridized carbons (Fsp3) is 0.526. The number of nitrogens with zero attached hydrogens (tertiary/aromatic N) is 1. The Bertz CT molecular complexity index is 687. The zero-order valence-electron chi connectivity index (χ0n) is 16.2. The van der Waals surface area contributed by atoms with Gasteiger partial charge >= 0.3 is 12.0 Å². The van der Waals surface area contributed by atoms with Gasteiger partial charge in [0.05, 0.1) is 31.8 Å². The summed E-state index contributed by atoms with van der Waals surface area (Å²) >= 11 is 0. The van der Waals surface area contributed by atoms with Crippen LogP contribution in [0.15, 0.2) is 24.3 Å². The molecule has 148 valence electrons. The lowest BCUT2D eigenvalue weighted by atomic mass is 10.1. The number of hydrogen-bond acceptors (Lipinski definition) is 5. The smallest absolute Gasteiger partial charge is 0.325 e. The van der Waals surface area contributed by atoms with Crippen LogP contribution in [0.1, 0.15) is 26.3 Å². The van der Waals surface area contributed by atoms with E-state index in [2.05, 4.69) is 15.4 Å². The molecule has 1 saturated heterocycles. The molecule has 1 aromatic rings. The molecule has 1 atom stereocenters. The molecule has 0 aromatic heterocycles. The van der Waals surface area contributed by atoms with E-state index < -0.39 is 5.97 Å². The Morgan fingerprint density at radius 3 is 2.52 bits per heavy atom. The SMILES string of the molecule is COC(=O)CNC(=O)Cc1ccc(NC(=O)N2C[C@H](C)OC(C)(C)C2)cc1. The number of morpholine rings is 1. The monoisotopic (exact) mass is 377 g/mol. The Kier molecular flexibility index (Phi) is 6.79. The van der Waals surface area contributed by atoms with E-state index in [1.54, 1.807) is 29.2 Å². The third-order valence-electron chi connectivity index (χ3n) is 4.08. The number of rotatable bonds is 5. The normalized spacial score (nSPS) is 18.5. The highest BCUT2D eigenvalue weighted by Gasteiger charge is 2.33. The molecule has 0 saturated carbocycles. The molecule has 0 bridgehead atoms. The quantitative estimate of drug-likeness (QED) is 0.759. The fourth-order valence-corrected chi connectivity index (χ4v) is 3.01. The Labute approximate surface area is 159 Å². The first-order valence-electron chi connectivity index (χ1n) is 8.85. The van der Waals surface area contributed by atoms with Crippen molar-refractivity contribution < 1.29 is 23.9 Å². The molecular weight excluding hydrogens is 350 g/mol. The first-order chi connectivity index (χ1) is 12.7. The van der Waals surface area contributed by atoms with Crippen LogP contribution in [0.4, 0.5) is 10.5 Å². The van der Waals surface area contributed by atoms with E-state index in [1.165, 1.54) is 7.11 Å². The van der Waals surface area contributed by atoms with Gasteiger partial charge in [-0.05, 0) is 38.5 Å². The summed E-state index contributed by atoms with van der Waals surface area (Å²) in [5.41, 5.74) is 1.04. The number of methoxy groups -OCH3 is 1. The number of amides is 3. The summed E-state index contributed by atoms with van der Waals surface area (Å²) in [4.78, 5) is 37.0. The van der Waals surface area contributed by atoms with Crippen molar-refractivity contribution in [2.24, 2.45) is 0 Å². The maximum atomic E-state index is 12.5. The minimum absolute atomic E-state index is 0.0228. The standard InChI is InChI=1S/C19H27N3O5/c1-13-11-22(12-19(2,3)27-13)18(25)21-15-7-5-14(6-8-15)9-16(23)20-10-17(24)26-4/h5-8,13H,9-12H2,1-4H3,(H,20,23)(H,21,25)/t13-/m0/s1. The number of ether oxygens (including phenoxy) is 2. The number of urea groups is 1. The second-order valence-corrected chi connectivity index (χ2v) is 7.23. The van der Waals surface area contributed by atoms with Crippen molar-refractivity contribution in [3.63, 3.8) is 0 Å². The lowest BCUT2D eigenvalue weighted by Crippen LogP contribution is -2.54. The molecule has 0 radical (unpaired) electrons. The van der Waals surface area contributed by atoms with Gasteiger partial charge in [-0.25, -0.2) is 4.79 Å². The van der Waals surface area contributed by atoms with Crippen molar-refractivity contribution in [3.8, 4) is 0 Å². The number of nitrogens with one attached hydrogen (secondary N) is 2. The first-order valence-corrected chi connectivity index (χ1v) is 8.85. The number of carbonyl (C=O) groups excluding carboxylic acids is 3. The average molecular weight is 377 g/mol. The molecular formula is C19H27N3O5. The Morgan fingerprint density at radius 1 is 1.26 bits per heavy atom. The predicted octanol–water partition coefficient (Wildman–Crippen LogP) is 1.55. The molecule has 0 spiro atoms. The van der Waals surface area contributed by atoms with Crippen LogP contribution in [0, 0.1) is 0 Å². The van der Waals surface area contributed by atoms with Crippen LogP contribution >= 0.6 is 0 Å².